The Morgan fingerprint density at radius 3 is 2.78 bits per heavy atom. The SMILES string of the molecule is CCOC(=O)C1c2c([nH]c3ccccc23)C(F)C(CC)C1C#N. The number of nitrogens with zero attached hydrogens (tertiary/aromatic N) is 1. The number of fused-ring (bicyclic) bond motifs is 3. The molecule has 4 unspecified atom stereocenters. The highest BCUT2D eigenvalue weighted by atomic mass is 19.1. The Morgan fingerprint density at radius 2 is 2.13 bits per heavy atom. The lowest BCUT2D eigenvalue weighted by Crippen LogP contribution is -2.35. The molecule has 4 atom stereocenters. The molecular weight excluding hydrogens is 295 g/mol. The number of hydrogen-bond donors (Lipinski definition) is 1. The third-order valence-corrected chi connectivity index (χ3v) is 4.72. The fraction of sp³-hybridized carbons (Fsp3) is 0.444. The number of aromatic nitrogens is 1. The van der Waals surface area contributed by atoms with E-state index in [0.29, 0.717) is 17.7 Å². The number of carbonyl (C=O) groups excluding carboxylic acids is 1. The molecular formula is C18H19FN2O2. The number of nitrogens with one attached hydrogen (secondary N) is 1. The van der Waals surface area contributed by atoms with Crippen molar-refractivity contribution in [3.8, 4) is 6.07 Å². The number of rotatable bonds is 3. The second-order valence-electron chi connectivity index (χ2n) is 5.86. The van der Waals surface area contributed by atoms with Crippen LogP contribution < -0.4 is 0 Å². The number of esters is 1. The molecule has 1 N–H and O–H groups in total. The fourth-order valence-electron chi connectivity index (χ4n) is 3.69. The zero-order valence-electron chi connectivity index (χ0n) is 13.2. The molecule has 0 spiro atoms. The topological polar surface area (TPSA) is 65.9 Å². The van der Waals surface area contributed by atoms with E-state index in [1.54, 1.807) is 6.92 Å². The maximum atomic E-state index is 15.0. The van der Waals surface area contributed by atoms with Crippen molar-refractivity contribution in [3.05, 3.63) is 35.5 Å². The van der Waals surface area contributed by atoms with Crippen LogP contribution in [0.1, 0.15) is 43.6 Å². The molecule has 0 bridgehead atoms. The van der Waals surface area contributed by atoms with Crippen molar-refractivity contribution in [1.29, 1.82) is 5.26 Å². The van der Waals surface area contributed by atoms with E-state index >= 15 is 4.39 Å². The molecule has 2 aromatic rings. The van der Waals surface area contributed by atoms with Crippen LogP contribution in [0.3, 0.4) is 0 Å². The number of halogens is 1. The Bertz CT molecular complexity index is 777. The standard InChI is InChI=1S/C18H19FN2O2/c1-3-10-12(9-20)15(18(22)23-4-2)14-11-7-5-6-8-13(11)21-17(14)16(10)19/h5-8,10,12,15-16,21H,3-4H2,1-2H3. The van der Waals surface area contributed by atoms with E-state index in [9.17, 15) is 10.1 Å². The summed E-state index contributed by atoms with van der Waals surface area (Å²) in [5.74, 6) is -2.44. The first-order chi connectivity index (χ1) is 11.1. The van der Waals surface area contributed by atoms with Gasteiger partial charge in [0.2, 0.25) is 0 Å². The number of para-hydroxylation sites is 1. The Labute approximate surface area is 134 Å². The molecule has 1 aromatic carbocycles. The Balaban J connectivity index is 2.26. The lowest BCUT2D eigenvalue weighted by Gasteiger charge is -2.34. The van der Waals surface area contributed by atoms with Gasteiger partial charge in [-0.25, -0.2) is 4.39 Å². The fourth-order valence-corrected chi connectivity index (χ4v) is 3.69. The molecule has 4 nitrogen and oxygen atoms in total. The van der Waals surface area contributed by atoms with Crippen LogP contribution in [-0.2, 0) is 9.53 Å². The quantitative estimate of drug-likeness (QED) is 0.871. The van der Waals surface area contributed by atoms with Crippen LogP contribution >= 0.6 is 0 Å². The lowest BCUT2D eigenvalue weighted by molar-refractivity contribution is -0.147. The van der Waals surface area contributed by atoms with Crippen LogP contribution in [0.4, 0.5) is 4.39 Å². The maximum absolute atomic E-state index is 15.0. The van der Waals surface area contributed by atoms with Crippen molar-refractivity contribution < 1.29 is 13.9 Å². The van der Waals surface area contributed by atoms with E-state index in [2.05, 4.69) is 11.1 Å². The molecule has 3 rings (SSSR count). The number of carbonyl (C=O) groups is 1. The average molecular weight is 314 g/mol. The molecule has 23 heavy (non-hydrogen) atoms. The zero-order valence-corrected chi connectivity index (χ0v) is 13.2. The third-order valence-electron chi connectivity index (χ3n) is 4.72. The molecule has 1 aliphatic carbocycles. The van der Waals surface area contributed by atoms with Gasteiger partial charge in [0, 0.05) is 16.8 Å². The lowest BCUT2D eigenvalue weighted by atomic mass is 9.69. The van der Waals surface area contributed by atoms with Gasteiger partial charge in [0.25, 0.3) is 0 Å². The summed E-state index contributed by atoms with van der Waals surface area (Å²) in [7, 11) is 0. The molecule has 0 amide bonds. The summed E-state index contributed by atoms with van der Waals surface area (Å²) in [6, 6.07) is 9.57. The minimum absolute atomic E-state index is 0.237. The summed E-state index contributed by atoms with van der Waals surface area (Å²) in [4.78, 5) is 15.6. The van der Waals surface area contributed by atoms with Gasteiger partial charge < -0.3 is 9.72 Å². The zero-order chi connectivity index (χ0) is 16.6. The summed E-state index contributed by atoms with van der Waals surface area (Å²) in [6.45, 7) is 3.81. The summed E-state index contributed by atoms with van der Waals surface area (Å²) in [5.41, 5.74) is 1.79. The highest BCUT2D eigenvalue weighted by Crippen LogP contribution is 2.50. The maximum Gasteiger partial charge on any atom is 0.314 e. The summed E-state index contributed by atoms with van der Waals surface area (Å²) in [6.07, 6.45) is -0.790. The predicted octanol–water partition coefficient (Wildman–Crippen LogP) is 4.00. The van der Waals surface area contributed by atoms with Crippen molar-refractivity contribution in [1.82, 2.24) is 4.98 Å². The van der Waals surface area contributed by atoms with Crippen molar-refractivity contribution in [2.45, 2.75) is 32.4 Å². The first kappa shape index (κ1) is 15.5. The third kappa shape index (κ3) is 2.29. The van der Waals surface area contributed by atoms with E-state index in [-0.39, 0.29) is 6.61 Å². The summed E-state index contributed by atoms with van der Waals surface area (Å²) < 4.78 is 20.2. The van der Waals surface area contributed by atoms with Crippen LogP contribution in [0, 0.1) is 23.2 Å². The van der Waals surface area contributed by atoms with E-state index in [1.807, 2.05) is 31.2 Å². The molecule has 1 aromatic heterocycles. The number of ether oxygens (including phenoxy) is 1. The molecule has 0 saturated heterocycles. The highest BCUT2D eigenvalue weighted by molar-refractivity contribution is 5.92. The first-order valence-electron chi connectivity index (χ1n) is 7.94. The van der Waals surface area contributed by atoms with Crippen molar-refractivity contribution >= 4 is 16.9 Å². The largest absolute Gasteiger partial charge is 0.465 e. The predicted molar refractivity (Wildman–Crippen MR) is 84.4 cm³/mol. The first-order valence-corrected chi connectivity index (χ1v) is 7.94. The van der Waals surface area contributed by atoms with Crippen LogP contribution in [0.5, 0.6) is 0 Å². The molecule has 0 fully saturated rings. The van der Waals surface area contributed by atoms with E-state index in [4.69, 9.17) is 4.74 Å². The number of hydrogen-bond acceptors (Lipinski definition) is 3. The van der Waals surface area contributed by atoms with Crippen LogP contribution in [0.2, 0.25) is 0 Å². The molecule has 0 aliphatic heterocycles. The van der Waals surface area contributed by atoms with Gasteiger partial charge in [0.15, 0.2) is 0 Å². The van der Waals surface area contributed by atoms with Gasteiger partial charge in [-0.2, -0.15) is 5.26 Å². The van der Waals surface area contributed by atoms with Crippen molar-refractivity contribution in [2.24, 2.45) is 11.8 Å². The minimum Gasteiger partial charge on any atom is -0.465 e. The van der Waals surface area contributed by atoms with E-state index < -0.39 is 29.9 Å². The number of alkyl halides is 1. The monoisotopic (exact) mass is 314 g/mol. The Hall–Kier alpha value is -2.35. The number of H-pyrrole nitrogens is 1. The summed E-state index contributed by atoms with van der Waals surface area (Å²) in [5, 5.41) is 10.4. The van der Waals surface area contributed by atoms with Crippen LogP contribution in [0.25, 0.3) is 10.9 Å². The van der Waals surface area contributed by atoms with Gasteiger partial charge in [0.05, 0.1) is 24.3 Å². The van der Waals surface area contributed by atoms with Gasteiger partial charge in [-0.1, -0.05) is 25.1 Å². The van der Waals surface area contributed by atoms with Crippen LogP contribution in [-0.4, -0.2) is 17.6 Å². The second-order valence-corrected chi connectivity index (χ2v) is 5.86. The average Bonchev–Trinajstić information content (AvgIpc) is 2.94. The molecule has 120 valence electrons. The minimum atomic E-state index is -1.28. The smallest absolute Gasteiger partial charge is 0.314 e. The second kappa shape index (κ2) is 6.04. The number of nitriles is 1. The molecule has 0 radical (unpaired) electrons. The highest BCUT2D eigenvalue weighted by Gasteiger charge is 2.48. The van der Waals surface area contributed by atoms with Gasteiger partial charge in [-0.05, 0) is 25.0 Å². The van der Waals surface area contributed by atoms with Gasteiger partial charge in [-0.15, -0.1) is 0 Å². The summed E-state index contributed by atoms with van der Waals surface area (Å²) >= 11 is 0. The molecule has 0 saturated carbocycles. The van der Waals surface area contributed by atoms with Crippen molar-refractivity contribution in [3.63, 3.8) is 0 Å². The van der Waals surface area contributed by atoms with E-state index in [1.165, 1.54) is 0 Å². The Morgan fingerprint density at radius 1 is 1.39 bits per heavy atom. The van der Waals surface area contributed by atoms with Gasteiger partial charge in [0.1, 0.15) is 12.1 Å². The van der Waals surface area contributed by atoms with Gasteiger partial charge in [-0.3, -0.25) is 4.79 Å². The Kier molecular flexibility index (Phi) is 4.08. The molecule has 5 heteroatoms. The normalized spacial score (nSPS) is 26.5. The molecule has 1 heterocycles. The van der Waals surface area contributed by atoms with Gasteiger partial charge >= 0.3 is 5.97 Å². The van der Waals surface area contributed by atoms with E-state index in [0.717, 1.165) is 10.9 Å². The van der Waals surface area contributed by atoms with Crippen LogP contribution in [0.15, 0.2) is 24.3 Å². The van der Waals surface area contributed by atoms with Crippen molar-refractivity contribution in [2.75, 3.05) is 6.61 Å². The number of aromatic amines is 1. The molecule has 1 aliphatic rings. The number of benzene rings is 1.